The standard InChI is InChI=1S/C12H13ClN2/c13-11-5-3-10(4-6-11)8-14-9-12-2-1-7-15-12/h1-7,14-15H,8-9H2. The van der Waals surface area contributed by atoms with Crippen molar-refractivity contribution < 1.29 is 0 Å². The fraction of sp³-hybridized carbons (Fsp3) is 0.167. The van der Waals surface area contributed by atoms with E-state index in [1.807, 2.05) is 36.5 Å². The lowest BCUT2D eigenvalue weighted by Gasteiger charge is -2.03. The third-order valence-electron chi connectivity index (χ3n) is 2.22. The van der Waals surface area contributed by atoms with Gasteiger partial charge >= 0.3 is 0 Å². The predicted octanol–water partition coefficient (Wildman–Crippen LogP) is 2.96. The van der Waals surface area contributed by atoms with Crippen molar-refractivity contribution in [2.24, 2.45) is 0 Å². The summed E-state index contributed by atoms with van der Waals surface area (Å²) < 4.78 is 0. The van der Waals surface area contributed by atoms with Gasteiger partial charge in [-0.2, -0.15) is 0 Å². The SMILES string of the molecule is Clc1ccc(CNCc2ccc[nH]2)cc1. The van der Waals surface area contributed by atoms with E-state index in [2.05, 4.69) is 16.4 Å². The smallest absolute Gasteiger partial charge is 0.0406 e. The summed E-state index contributed by atoms with van der Waals surface area (Å²) in [5, 5.41) is 4.13. The number of aromatic nitrogens is 1. The Kier molecular flexibility index (Phi) is 3.43. The average Bonchev–Trinajstić information content (AvgIpc) is 2.74. The van der Waals surface area contributed by atoms with Crippen LogP contribution >= 0.6 is 11.6 Å². The Labute approximate surface area is 94.3 Å². The van der Waals surface area contributed by atoms with Gasteiger partial charge in [-0.1, -0.05) is 23.7 Å². The molecular weight excluding hydrogens is 208 g/mol. The number of hydrogen-bond donors (Lipinski definition) is 2. The lowest BCUT2D eigenvalue weighted by atomic mass is 10.2. The second-order valence-corrected chi connectivity index (χ2v) is 3.86. The minimum Gasteiger partial charge on any atom is -0.364 e. The molecule has 0 aliphatic rings. The van der Waals surface area contributed by atoms with Crippen LogP contribution in [0.1, 0.15) is 11.3 Å². The maximum absolute atomic E-state index is 5.80. The second-order valence-electron chi connectivity index (χ2n) is 3.43. The maximum atomic E-state index is 5.80. The number of nitrogens with one attached hydrogen (secondary N) is 2. The van der Waals surface area contributed by atoms with E-state index in [4.69, 9.17) is 11.6 Å². The van der Waals surface area contributed by atoms with Gasteiger partial charge in [0, 0.05) is 30.0 Å². The molecule has 2 aromatic rings. The molecule has 3 heteroatoms. The Morgan fingerprint density at radius 2 is 1.87 bits per heavy atom. The first-order chi connectivity index (χ1) is 7.34. The summed E-state index contributed by atoms with van der Waals surface area (Å²) >= 11 is 5.80. The highest BCUT2D eigenvalue weighted by molar-refractivity contribution is 6.30. The van der Waals surface area contributed by atoms with Gasteiger partial charge in [-0.25, -0.2) is 0 Å². The molecular formula is C12H13ClN2. The minimum atomic E-state index is 0.781. The van der Waals surface area contributed by atoms with Crippen molar-refractivity contribution >= 4 is 11.6 Å². The number of benzene rings is 1. The minimum absolute atomic E-state index is 0.781. The molecule has 0 saturated carbocycles. The molecule has 2 N–H and O–H groups in total. The van der Waals surface area contributed by atoms with Gasteiger partial charge in [0.25, 0.3) is 0 Å². The highest BCUT2D eigenvalue weighted by atomic mass is 35.5. The molecule has 0 amide bonds. The molecule has 1 aromatic carbocycles. The molecule has 78 valence electrons. The van der Waals surface area contributed by atoms with E-state index in [1.54, 1.807) is 0 Å². The van der Waals surface area contributed by atoms with Crippen LogP contribution in [0, 0.1) is 0 Å². The van der Waals surface area contributed by atoms with E-state index in [1.165, 1.54) is 11.3 Å². The van der Waals surface area contributed by atoms with Gasteiger partial charge in [-0.05, 0) is 29.8 Å². The fourth-order valence-electron chi connectivity index (χ4n) is 1.42. The molecule has 2 nitrogen and oxygen atoms in total. The molecule has 0 aliphatic heterocycles. The van der Waals surface area contributed by atoms with E-state index < -0.39 is 0 Å². The first-order valence-corrected chi connectivity index (χ1v) is 5.30. The van der Waals surface area contributed by atoms with Crippen LogP contribution in [0.15, 0.2) is 42.6 Å². The van der Waals surface area contributed by atoms with E-state index in [9.17, 15) is 0 Å². The van der Waals surface area contributed by atoms with Crippen molar-refractivity contribution in [2.75, 3.05) is 0 Å². The van der Waals surface area contributed by atoms with Gasteiger partial charge in [0.2, 0.25) is 0 Å². The van der Waals surface area contributed by atoms with Crippen LogP contribution in [-0.2, 0) is 13.1 Å². The molecule has 0 fully saturated rings. The molecule has 2 rings (SSSR count). The monoisotopic (exact) mass is 220 g/mol. The van der Waals surface area contributed by atoms with Crippen molar-refractivity contribution in [2.45, 2.75) is 13.1 Å². The van der Waals surface area contributed by atoms with Crippen LogP contribution in [0.25, 0.3) is 0 Å². The third-order valence-corrected chi connectivity index (χ3v) is 2.47. The van der Waals surface area contributed by atoms with Crippen LogP contribution < -0.4 is 5.32 Å². The summed E-state index contributed by atoms with van der Waals surface area (Å²) in [6.07, 6.45) is 1.93. The summed E-state index contributed by atoms with van der Waals surface area (Å²) in [7, 11) is 0. The molecule has 0 saturated heterocycles. The Bertz CT molecular complexity index is 392. The summed E-state index contributed by atoms with van der Waals surface area (Å²) in [6, 6.07) is 11.9. The highest BCUT2D eigenvalue weighted by Gasteiger charge is 1.94. The van der Waals surface area contributed by atoms with Crippen LogP contribution in [0.4, 0.5) is 0 Å². The third kappa shape index (κ3) is 3.11. The molecule has 1 aromatic heterocycles. The largest absolute Gasteiger partial charge is 0.364 e. The first-order valence-electron chi connectivity index (χ1n) is 4.92. The van der Waals surface area contributed by atoms with Crippen molar-refractivity contribution in [3.8, 4) is 0 Å². The zero-order valence-electron chi connectivity index (χ0n) is 8.33. The predicted molar refractivity (Wildman–Crippen MR) is 62.8 cm³/mol. The summed E-state index contributed by atoms with van der Waals surface area (Å²) in [6.45, 7) is 1.71. The van der Waals surface area contributed by atoms with Gasteiger partial charge in [0.05, 0.1) is 0 Å². The Morgan fingerprint density at radius 3 is 2.53 bits per heavy atom. The van der Waals surface area contributed by atoms with Crippen molar-refractivity contribution in [3.63, 3.8) is 0 Å². The lowest BCUT2D eigenvalue weighted by Crippen LogP contribution is -2.12. The number of halogens is 1. The number of H-pyrrole nitrogens is 1. The summed E-state index contributed by atoms with van der Waals surface area (Å²) in [5.41, 5.74) is 2.44. The van der Waals surface area contributed by atoms with Gasteiger partial charge in [0.1, 0.15) is 0 Å². The summed E-state index contributed by atoms with van der Waals surface area (Å²) in [5.74, 6) is 0. The Hall–Kier alpha value is -1.25. The molecule has 15 heavy (non-hydrogen) atoms. The summed E-state index contributed by atoms with van der Waals surface area (Å²) in [4.78, 5) is 3.15. The molecule has 0 unspecified atom stereocenters. The van der Waals surface area contributed by atoms with Gasteiger partial charge in [0.15, 0.2) is 0 Å². The van der Waals surface area contributed by atoms with E-state index in [0.29, 0.717) is 0 Å². The molecule has 0 aliphatic carbocycles. The van der Waals surface area contributed by atoms with Crippen LogP contribution in [-0.4, -0.2) is 4.98 Å². The molecule has 1 heterocycles. The normalized spacial score (nSPS) is 10.5. The maximum Gasteiger partial charge on any atom is 0.0406 e. The van der Waals surface area contributed by atoms with E-state index >= 15 is 0 Å². The second kappa shape index (κ2) is 5.01. The van der Waals surface area contributed by atoms with Gasteiger partial charge in [-0.15, -0.1) is 0 Å². The Balaban J connectivity index is 1.81. The quantitative estimate of drug-likeness (QED) is 0.815. The molecule has 0 spiro atoms. The lowest BCUT2D eigenvalue weighted by molar-refractivity contribution is 0.682. The van der Waals surface area contributed by atoms with E-state index in [-0.39, 0.29) is 0 Å². The molecule has 0 atom stereocenters. The highest BCUT2D eigenvalue weighted by Crippen LogP contribution is 2.09. The molecule has 0 bridgehead atoms. The Morgan fingerprint density at radius 1 is 1.07 bits per heavy atom. The number of aromatic amines is 1. The number of rotatable bonds is 4. The fourth-order valence-corrected chi connectivity index (χ4v) is 1.55. The average molecular weight is 221 g/mol. The first kappa shape index (κ1) is 10.3. The van der Waals surface area contributed by atoms with Crippen molar-refractivity contribution in [1.82, 2.24) is 10.3 Å². The van der Waals surface area contributed by atoms with Gasteiger partial charge in [-0.3, -0.25) is 0 Å². The zero-order valence-corrected chi connectivity index (χ0v) is 9.09. The molecule has 0 radical (unpaired) electrons. The zero-order chi connectivity index (χ0) is 10.5. The van der Waals surface area contributed by atoms with E-state index in [0.717, 1.165) is 18.1 Å². The van der Waals surface area contributed by atoms with Crippen LogP contribution in [0.5, 0.6) is 0 Å². The van der Waals surface area contributed by atoms with Crippen molar-refractivity contribution in [1.29, 1.82) is 0 Å². The van der Waals surface area contributed by atoms with Gasteiger partial charge < -0.3 is 10.3 Å². The van der Waals surface area contributed by atoms with Crippen LogP contribution in [0.3, 0.4) is 0 Å². The number of hydrogen-bond acceptors (Lipinski definition) is 1. The van der Waals surface area contributed by atoms with Crippen molar-refractivity contribution in [3.05, 3.63) is 58.9 Å². The van der Waals surface area contributed by atoms with Crippen LogP contribution in [0.2, 0.25) is 5.02 Å². The topological polar surface area (TPSA) is 27.8 Å².